The summed E-state index contributed by atoms with van der Waals surface area (Å²) < 4.78 is 7.28. The van der Waals surface area contributed by atoms with Gasteiger partial charge < -0.3 is 14.3 Å². The summed E-state index contributed by atoms with van der Waals surface area (Å²) >= 11 is 0. The van der Waals surface area contributed by atoms with Crippen molar-refractivity contribution < 1.29 is 9.21 Å². The average molecular weight is 294 g/mol. The number of hydrogen-bond acceptors (Lipinski definition) is 2. The SMILES string of the molecule is C=CCn1c(C(=O)Nc2ccc(C)c(C)c2)cc2occc21. The van der Waals surface area contributed by atoms with Gasteiger partial charge in [0, 0.05) is 24.4 Å². The fraction of sp³-hybridized carbons (Fsp3) is 0.167. The molecule has 1 aromatic carbocycles. The predicted octanol–water partition coefficient (Wildman–Crippen LogP) is 4.29. The number of benzene rings is 1. The molecule has 4 heteroatoms. The van der Waals surface area contributed by atoms with Crippen molar-refractivity contribution in [3.05, 3.63) is 66.1 Å². The van der Waals surface area contributed by atoms with Crippen LogP contribution in [0.4, 0.5) is 5.69 Å². The van der Waals surface area contributed by atoms with Crippen LogP contribution in [0.2, 0.25) is 0 Å². The molecule has 0 atom stereocenters. The summed E-state index contributed by atoms with van der Waals surface area (Å²) in [6.45, 7) is 8.38. The molecule has 0 spiro atoms. The number of rotatable bonds is 4. The van der Waals surface area contributed by atoms with Crippen molar-refractivity contribution in [1.29, 1.82) is 0 Å². The lowest BCUT2D eigenvalue weighted by atomic mass is 10.1. The number of nitrogens with one attached hydrogen (secondary N) is 1. The topological polar surface area (TPSA) is 47.2 Å². The molecule has 3 aromatic rings. The monoisotopic (exact) mass is 294 g/mol. The van der Waals surface area contributed by atoms with Gasteiger partial charge in [0.25, 0.3) is 5.91 Å². The summed E-state index contributed by atoms with van der Waals surface area (Å²) in [5.74, 6) is -0.156. The normalized spacial score (nSPS) is 10.8. The second kappa shape index (κ2) is 5.56. The van der Waals surface area contributed by atoms with Gasteiger partial charge in [-0.1, -0.05) is 12.1 Å². The number of nitrogens with zero attached hydrogens (tertiary/aromatic N) is 1. The van der Waals surface area contributed by atoms with Crippen LogP contribution >= 0.6 is 0 Å². The summed E-state index contributed by atoms with van der Waals surface area (Å²) in [5, 5.41) is 2.94. The van der Waals surface area contributed by atoms with Gasteiger partial charge in [-0.2, -0.15) is 0 Å². The van der Waals surface area contributed by atoms with E-state index in [2.05, 4.69) is 11.9 Å². The first-order chi connectivity index (χ1) is 10.6. The van der Waals surface area contributed by atoms with E-state index in [4.69, 9.17) is 4.42 Å². The third kappa shape index (κ3) is 2.44. The van der Waals surface area contributed by atoms with Crippen LogP contribution in [-0.2, 0) is 6.54 Å². The van der Waals surface area contributed by atoms with Gasteiger partial charge in [0.05, 0.1) is 11.8 Å². The van der Waals surface area contributed by atoms with Crippen LogP contribution < -0.4 is 5.32 Å². The van der Waals surface area contributed by atoms with Crippen molar-refractivity contribution in [1.82, 2.24) is 4.57 Å². The second-order valence-electron chi connectivity index (χ2n) is 5.35. The highest BCUT2D eigenvalue weighted by Gasteiger charge is 2.17. The molecule has 0 aliphatic carbocycles. The van der Waals surface area contributed by atoms with E-state index in [9.17, 15) is 4.79 Å². The first kappa shape index (κ1) is 14.2. The van der Waals surface area contributed by atoms with Crippen molar-refractivity contribution in [2.24, 2.45) is 0 Å². The molecule has 22 heavy (non-hydrogen) atoms. The maximum atomic E-state index is 12.6. The Kier molecular flexibility index (Phi) is 3.59. The molecular weight excluding hydrogens is 276 g/mol. The fourth-order valence-corrected chi connectivity index (χ4v) is 2.51. The van der Waals surface area contributed by atoms with Crippen LogP contribution in [0.5, 0.6) is 0 Å². The summed E-state index contributed by atoms with van der Waals surface area (Å²) in [6.07, 6.45) is 3.38. The van der Waals surface area contributed by atoms with Gasteiger partial charge in [0.2, 0.25) is 0 Å². The Hall–Kier alpha value is -2.75. The highest BCUT2D eigenvalue weighted by atomic mass is 16.3. The van der Waals surface area contributed by atoms with E-state index in [1.54, 1.807) is 18.4 Å². The lowest BCUT2D eigenvalue weighted by Crippen LogP contribution is -2.16. The van der Waals surface area contributed by atoms with Gasteiger partial charge in [-0.25, -0.2) is 0 Å². The largest absolute Gasteiger partial charge is 0.463 e. The van der Waals surface area contributed by atoms with Gasteiger partial charge in [0.15, 0.2) is 5.58 Å². The molecule has 2 heterocycles. The Morgan fingerprint density at radius 3 is 2.82 bits per heavy atom. The molecular formula is C18H18N2O2. The fourth-order valence-electron chi connectivity index (χ4n) is 2.51. The van der Waals surface area contributed by atoms with Crippen LogP contribution in [0.15, 0.2) is 53.7 Å². The number of hydrogen-bond donors (Lipinski definition) is 1. The quantitative estimate of drug-likeness (QED) is 0.730. The summed E-state index contributed by atoms with van der Waals surface area (Å²) in [6, 6.07) is 9.49. The number of furan rings is 1. The Balaban J connectivity index is 1.94. The Labute approximate surface area is 129 Å². The van der Waals surface area contributed by atoms with E-state index in [-0.39, 0.29) is 5.91 Å². The van der Waals surface area contributed by atoms with E-state index < -0.39 is 0 Å². The lowest BCUT2D eigenvalue weighted by molar-refractivity contribution is 0.101. The molecule has 0 saturated heterocycles. The molecule has 2 aromatic heterocycles. The van der Waals surface area contributed by atoms with Gasteiger partial charge in [-0.15, -0.1) is 6.58 Å². The Bertz CT molecular complexity index is 855. The van der Waals surface area contributed by atoms with E-state index in [0.717, 1.165) is 16.8 Å². The minimum Gasteiger partial charge on any atom is -0.463 e. The minimum absolute atomic E-state index is 0.156. The number of carbonyl (C=O) groups is 1. The van der Waals surface area contributed by atoms with E-state index >= 15 is 0 Å². The summed E-state index contributed by atoms with van der Waals surface area (Å²) in [5.41, 5.74) is 5.29. The van der Waals surface area contributed by atoms with Crippen molar-refractivity contribution in [2.45, 2.75) is 20.4 Å². The Morgan fingerprint density at radius 2 is 2.09 bits per heavy atom. The number of allylic oxidation sites excluding steroid dienone is 1. The lowest BCUT2D eigenvalue weighted by Gasteiger charge is -2.10. The standard InChI is InChI=1S/C18H18N2O2/c1-4-8-20-15-7-9-22-17(15)11-16(20)18(21)19-14-6-5-12(2)13(3)10-14/h4-7,9-11H,1,8H2,2-3H3,(H,19,21). The molecule has 0 saturated carbocycles. The van der Waals surface area contributed by atoms with Crippen LogP contribution in [0.3, 0.4) is 0 Å². The van der Waals surface area contributed by atoms with Crippen molar-refractivity contribution in [3.63, 3.8) is 0 Å². The molecule has 0 fully saturated rings. The third-order valence-corrected chi connectivity index (χ3v) is 3.83. The number of amides is 1. The third-order valence-electron chi connectivity index (χ3n) is 3.83. The summed E-state index contributed by atoms with van der Waals surface area (Å²) in [7, 11) is 0. The van der Waals surface area contributed by atoms with E-state index in [1.807, 2.05) is 42.7 Å². The molecule has 0 bridgehead atoms. The van der Waals surface area contributed by atoms with Gasteiger partial charge >= 0.3 is 0 Å². The zero-order valence-electron chi connectivity index (χ0n) is 12.7. The molecule has 4 nitrogen and oxygen atoms in total. The van der Waals surface area contributed by atoms with Crippen LogP contribution in [0.1, 0.15) is 21.6 Å². The number of aryl methyl sites for hydroxylation is 2. The maximum Gasteiger partial charge on any atom is 0.272 e. The first-order valence-corrected chi connectivity index (χ1v) is 7.16. The van der Waals surface area contributed by atoms with Gasteiger partial charge in [-0.3, -0.25) is 4.79 Å². The van der Waals surface area contributed by atoms with Crippen molar-refractivity contribution in [3.8, 4) is 0 Å². The smallest absolute Gasteiger partial charge is 0.272 e. The zero-order chi connectivity index (χ0) is 15.7. The molecule has 0 aliphatic rings. The molecule has 0 aliphatic heterocycles. The van der Waals surface area contributed by atoms with E-state index in [1.165, 1.54) is 5.56 Å². The molecule has 0 radical (unpaired) electrons. The molecule has 1 amide bonds. The van der Waals surface area contributed by atoms with E-state index in [0.29, 0.717) is 17.8 Å². The van der Waals surface area contributed by atoms with Gasteiger partial charge in [-0.05, 0) is 37.1 Å². The van der Waals surface area contributed by atoms with Crippen molar-refractivity contribution >= 4 is 22.7 Å². The summed E-state index contributed by atoms with van der Waals surface area (Å²) in [4.78, 5) is 12.6. The number of anilines is 1. The number of fused-ring (bicyclic) bond motifs is 1. The van der Waals surface area contributed by atoms with Gasteiger partial charge in [0.1, 0.15) is 5.69 Å². The predicted molar refractivity (Wildman–Crippen MR) is 88.3 cm³/mol. The molecule has 0 unspecified atom stereocenters. The van der Waals surface area contributed by atoms with Crippen LogP contribution in [0.25, 0.3) is 11.1 Å². The second-order valence-corrected chi connectivity index (χ2v) is 5.35. The highest BCUT2D eigenvalue weighted by Crippen LogP contribution is 2.22. The number of aromatic nitrogens is 1. The molecule has 3 rings (SSSR count). The minimum atomic E-state index is -0.156. The van der Waals surface area contributed by atoms with Crippen molar-refractivity contribution in [2.75, 3.05) is 5.32 Å². The van der Waals surface area contributed by atoms with Crippen LogP contribution in [-0.4, -0.2) is 10.5 Å². The highest BCUT2D eigenvalue weighted by molar-refractivity contribution is 6.05. The maximum absolute atomic E-state index is 12.6. The molecule has 112 valence electrons. The number of carbonyl (C=O) groups excluding carboxylic acids is 1. The molecule has 1 N–H and O–H groups in total. The van der Waals surface area contributed by atoms with Crippen LogP contribution in [0, 0.1) is 13.8 Å². The Morgan fingerprint density at radius 1 is 1.27 bits per heavy atom. The average Bonchev–Trinajstić information content (AvgIpc) is 3.06. The first-order valence-electron chi connectivity index (χ1n) is 7.16. The zero-order valence-corrected chi connectivity index (χ0v) is 12.7.